The highest BCUT2D eigenvalue weighted by Crippen LogP contribution is 2.37. The monoisotopic (exact) mass is 367 g/mol. The van der Waals surface area contributed by atoms with E-state index in [2.05, 4.69) is 21.2 Å². The lowest BCUT2D eigenvalue weighted by atomic mass is 10.2. The second kappa shape index (κ2) is 6.44. The van der Waals surface area contributed by atoms with Crippen molar-refractivity contribution in [1.82, 2.24) is 0 Å². The molecule has 0 unspecified atom stereocenters. The van der Waals surface area contributed by atoms with Crippen LogP contribution in [-0.2, 0) is 6.54 Å². The van der Waals surface area contributed by atoms with Crippen LogP contribution in [0.3, 0.4) is 0 Å². The van der Waals surface area contributed by atoms with Crippen molar-refractivity contribution in [3.05, 3.63) is 46.2 Å². The summed E-state index contributed by atoms with van der Waals surface area (Å²) < 4.78 is 30.4. The van der Waals surface area contributed by atoms with Gasteiger partial charge in [-0.1, -0.05) is 15.9 Å². The third-order valence-corrected chi connectivity index (χ3v) is 3.99. The first kappa shape index (κ1) is 15.0. The fourth-order valence-corrected chi connectivity index (χ4v) is 2.66. The van der Waals surface area contributed by atoms with Gasteiger partial charge < -0.3 is 19.5 Å². The van der Waals surface area contributed by atoms with Gasteiger partial charge in [0.2, 0.25) is 6.79 Å². The van der Waals surface area contributed by atoms with Crippen molar-refractivity contribution in [1.29, 1.82) is 0 Å². The van der Waals surface area contributed by atoms with Gasteiger partial charge in [-0.15, -0.1) is 0 Å². The Bertz CT molecular complexity index is 693. The normalized spacial score (nSPS) is 12.3. The van der Waals surface area contributed by atoms with E-state index >= 15 is 0 Å². The predicted octanol–water partition coefficient (Wildman–Crippen LogP) is 4.33. The van der Waals surface area contributed by atoms with Gasteiger partial charge in [-0.25, -0.2) is 4.39 Å². The average Bonchev–Trinajstić information content (AvgIpc) is 2.93. The van der Waals surface area contributed by atoms with Gasteiger partial charge in [0, 0.05) is 17.1 Å². The second-order valence-corrected chi connectivity index (χ2v) is 5.58. The second-order valence-electron chi connectivity index (χ2n) is 4.72. The zero-order chi connectivity index (χ0) is 15.5. The van der Waals surface area contributed by atoms with E-state index in [1.807, 2.05) is 19.1 Å². The molecule has 6 heteroatoms. The molecule has 2 aromatic rings. The number of rotatable bonds is 5. The maximum absolute atomic E-state index is 13.3. The Morgan fingerprint density at radius 2 is 2.00 bits per heavy atom. The van der Waals surface area contributed by atoms with Crippen molar-refractivity contribution < 1.29 is 18.6 Å². The SMILES string of the molecule is CCOc1cc(F)ccc1NCc1cc2c(cc1Br)OCO2. The molecule has 2 aromatic carbocycles. The minimum Gasteiger partial charge on any atom is -0.492 e. The molecule has 0 radical (unpaired) electrons. The van der Waals surface area contributed by atoms with Gasteiger partial charge in [-0.2, -0.15) is 0 Å². The Morgan fingerprint density at radius 1 is 1.23 bits per heavy atom. The van der Waals surface area contributed by atoms with E-state index in [4.69, 9.17) is 14.2 Å². The molecule has 0 fully saturated rings. The third-order valence-electron chi connectivity index (χ3n) is 3.25. The van der Waals surface area contributed by atoms with Crippen LogP contribution in [0.1, 0.15) is 12.5 Å². The Balaban J connectivity index is 1.78. The highest BCUT2D eigenvalue weighted by molar-refractivity contribution is 9.10. The summed E-state index contributed by atoms with van der Waals surface area (Å²) in [5, 5.41) is 3.26. The van der Waals surface area contributed by atoms with Crippen LogP contribution in [0.2, 0.25) is 0 Å². The zero-order valence-electron chi connectivity index (χ0n) is 12.0. The molecule has 0 amide bonds. The van der Waals surface area contributed by atoms with Crippen molar-refractivity contribution in [2.75, 3.05) is 18.7 Å². The topological polar surface area (TPSA) is 39.7 Å². The van der Waals surface area contributed by atoms with Crippen LogP contribution in [0.15, 0.2) is 34.8 Å². The lowest BCUT2D eigenvalue weighted by molar-refractivity contribution is 0.174. The molecular formula is C16H15BrFNO3. The highest BCUT2D eigenvalue weighted by Gasteiger charge is 2.16. The first-order valence-electron chi connectivity index (χ1n) is 6.91. The van der Waals surface area contributed by atoms with E-state index in [-0.39, 0.29) is 12.6 Å². The van der Waals surface area contributed by atoms with Crippen LogP contribution in [0.25, 0.3) is 0 Å². The summed E-state index contributed by atoms with van der Waals surface area (Å²) in [5.41, 5.74) is 1.75. The molecule has 4 nitrogen and oxygen atoms in total. The van der Waals surface area contributed by atoms with E-state index in [0.717, 1.165) is 27.2 Å². The number of hydrogen-bond donors (Lipinski definition) is 1. The maximum Gasteiger partial charge on any atom is 0.231 e. The third kappa shape index (κ3) is 3.11. The fourth-order valence-electron chi connectivity index (χ4n) is 2.20. The Kier molecular flexibility index (Phi) is 4.38. The van der Waals surface area contributed by atoms with Crippen LogP contribution in [0, 0.1) is 5.82 Å². The lowest BCUT2D eigenvalue weighted by Crippen LogP contribution is -2.04. The molecule has 0 aromatic heterocycles. The van der Waals surface area contributed by atoms with Crippen molar-refractivity contribution >= 4 is 21.6 Å². The van der Waals surface area contributed by atoms with Crippen LogP contribution in [0.5, 0.6) is 17.2 Å². The molecule has 1 aliphatic rings. The first-order chi connectivity index (χ1) is 10.7. The van der Waals surface area contributed by atoms with Gasteiger partial charge in [-0.05, 0) is 36.8 Å². The van der Waals surface area contributed by atoms with Crippen molar-refractivity contribution in [2.45, 2.75) is 13.5 Å². The molecule has 116 valence electrons. The molecule has 1 N–H and O–H groups in total. The molecule has 22 heavy (non-hydrogen) atoms. The number of ether oxygens (including phenoxy) is 3. The van der Waals surface area contributed by atoms with Gasteiger partial charge in [0.15, 0.2) is 11.5 Å². The first-order valence-corrected chi connectivity index (χ1v) is 7.71. The number of halogens is 2. The molecule has 1 aliphatic heterocycles. The quantitative estimate of drug-likeness (QED) is 0.853. The summed E-state index contributed by atoms with van der Waals surface area (Å²) in [4.78, 5) is 0. The maximum atomic E-state index is 13.3. The highest BCUT2D eigenvalue weighted by atomic mass is 79.9. The fraction of sp³-hybridized carbons (Fsp3) is 0.250. The summed E-state index contributed by atoms with van der Waals surface area (Å²) in [6, 6.07) is 8.25. The van der Waals surface area contributed by atoms with Gasteiger partial charge in [-0.3, -0.25) is 0 Å². The molecule has 0 saturated heterocycles. The van der Waals surface area contributed by atoms with Crippen molar-refractivity contribution in [3.8, 4) is 17.2 Å². The molecule has 0 atom stereocenters. The summed E-state index contributed by atoms with van der Waals surface area (Å²) in [7, 11) is 0. The number of anilines is 1. The van der Waals surface area contributed by atoms with Crippen LogP contribution >= 0.6 is 15.9 Å². The van der Waals surface area contributed by atoms with E-state index in [1.54, 1.807) is 6.07 Å². The number of benzene rings is 2. The van der Waals surface area contributed by atoms with E-state index in [1.165, 1.54) is 12.1 Å². The van der Waals surface area contributed by atoms with Crippen LogP contribution in [-0.4, -0.2) is 13.4 Å². The number of nitrogens with one attached hydrogen (secondary N) is 1. The summed E-state index contributed by atoms with van der Waals surface area (Å²) in [6.07, 6.45) is 0. The predicted molar refractivity (Wildman–Crippen MR) is 85.2 cm³/mol. The van der Waals surface area contributed by atoms with Gasteiger partial charge >= 0.3 is 0 Å². The van der Waals surface area contributed by atoms with Crippen molar-refractivity contribution in [3.63, 3.8) is 0 Å². The molecular weight excluding hydrogens is 353 g/mol. The summed E-state index contributed by atoms with van der Waals surface area (Å²) in [6.45, 7) is 3.13. The van der Waals surface area contributed by atoms with E-state index in [0.29, 0.717) is 18.9 Å². The molecule has 1 heterocycles. The average molecular weight is 368 g/mol. The number of hydrogen-bond acceptors (Lipinski definition) is 4. The standard InChI is InChI=1S/C16H15BrFNO3/c1-2-20-14-6-11(18)3-4-13(14)19-8-10-5-15-16(7-12(10)17)22-9-21-15/h3-7,19H,2,8-9H2,1H3. The summed E-state index contributed by atoms with van der Waals surface area (Å²) in [5.74, 6) is 1.63. The van der Waals surface area contributed by atoms with Gasteiger partial charge in [0.1, 0.15) is 11.6 Å². The molecule has 3 rings (SSSR count). The van der Waals surface area contributed by atoms with Crippen molar-refractivity contribution in [2.24, 2.45) is 0 Å². The minimum absolute atomic E-state index is 0.241. The Morgan fingerprint density at radius 3 is 2.77 bits per heavy atom. The molecule has 0 bridgehead atoms. The van der Waals surface area contributed by atoms with Gasteiger partial charge in [0.05, 0.1) is 12.3 Å². The van der Waals surface area contributed by atoms with E-state index < -0.39 is 0 Å². The Hall–Kier alpha value is -1.95. The molecule has 0 spiro atoms. The van der Waals surface area contributed by atoms with Crippen LogP contribution < -0.4 is 19.5 Å². The number of fused-ring (bicyclic) bond motifs is 1. The lowest BCUT2D eigenvalue weighted by Gasteiger charge is -2.13. The molecule has 0 aliphatic carbocycles. The largest absolute Gasteiger partial charge is 0.492 e. The minimum atomic E-state index is -0.321. The van der Waals surface area contributed by atoms with E-state index in [9.17, 15) is 4.39 Å². The Labute approximate surface area is 136 Å². The molecule has 0 saturated carbocycles. The van der Waals surface area contributed by atoms with Crippen LogP contribution in [0.4, 0.5) is 10.1 Å². The van der Waals surface area contributed by atoms with Gasteiger partial charge in [0.25, 0.3) is 0 Å². The smallest absolute Gasteiger partial charge is 0.231 e. The summed E-state index contributed by atoms with van der Waals surface area (Å²) >= 11 is 3.52. The zero-order valence-corrected chi connectivity index (χ0v) is 13.6.